The van der Waals surface area contributed by atoms with E-state index in [4.69, 9.17) is 10.8 Å². The van der Waals surface area contributed by atoms with E-state index >= 15 is 0 Å². The minimum absolute atomic E-state index is 0.0411. The number of benzene rings is 2. The first-order valence-corrected chi connectivity index (χ1v) is 5.59. The fourth-order valence-corrected chi connectivity index (χ4v) is 1.79. The van der Waals surface area contributed by atoms with Crippen LogP contribution in [0, 0.1) is 0 Å². The normalized spacial score (nSPS) is 11.3. The molecule has 20 heavy (non-hydrogen) atoms. The van der Waals surface area contributed by atoms with Gasteiger partial charge in [0.2, 0.25) is 0 Å². The average molecular weight is 281 g/mol. The Morgan fingerprint density at radius 1 is 1.00 bits per heavy atom. The van der Waals surface area contributed by atoms with Gasteiger partial charge in [0.25, 0.3) is 0 Å². The van der Waals surface area contributed by atoms with Gasteiger partial charge < -0.3 is 10.8 Å². The maximum atomic E-state index is 12.4. The molecule has 0 unspecified atom stereocenters. The lowest BCUT2D eigenvalue weighted by Crippen LogP contribution is -2.04. The van der Waals surface area contributed by atoms with E-state index in [1.165, 1.54) is 30.3 Å². The van der Waals surface area contributed by atoms with Crippen molar-refractivity contribution in [1.82, 2.24) is 0 Å². The van der Waals surface area contributed by atoms with Gasteiger partial charge in [0.15, 0.2) is 0 Å². The van der Waals surface area contributed by atoms with Gasteiger partial charge in [0, 0.05) is 5.69 Å². The number of carboxylic acid groups (broad SMARTS) is 1. The van der Waals surface area contributed by atoms with Crippen molar-refractivity contribution in [2.75, 3.05) is 5.73 Å². The Morgan fingerprint density at radius 3 is 2.00 bits per heavy atom. The predicted molar refractivity (Wildman–Crippen MR) is 68.3 cm³/mol. The van der Waals surface area contributed by atoms with Crippen molar-refractivity contribution in [3.8, 4) is 11.1 Å². The van der Waals surface area contributed by atoms with E-state index in [9.17, 15) is 18.0 Å². The molecule has 0 fully saturated rings. The number of carbonyl (C=O) groups is 1. The van der Waals surface area contributed by atoms with Crippen molar-refractivity contribution in [2.45, 2.75) is 6.18 Å². The average Bonchev–Trinajstić information content (AvgIpc) is 2.37. The third-order valence-corrected chi connectivity index (χ3v) is 2.83. The van der Waals surface area contributed by atoms with Crippen molar-refractivity contribution in [3.63, 3.8) is 0 Å². The number of anilines is 1. The van der Waals surface area contributed by atoms with Gasteiger partial charge in [-0.05, 0) is 35.4 Å². The second kappa shape index (κ2) is 4.88. The van der Waals surface area contributed by atoms with Crippen molar-refractivity contribution < 1.29 is 23.1 Å². The molecule has 2 rings (SSSR count). The lowest BCUT2D eigenvalue weighted by atomic mass is 10.0. The van der Waals surface area contributed by atoms with Crippen LogP contribution in [-0.4, -0.2) is 11.1 Å². The van der Waals surface area contributed by atoms with Crippen LogP contribution in [0.1, 0.15) is 15.9 Å². The molecule has 0 spiro atoms. The number of rotatable bonds is 2. The van der Waals surface area contributed by atoms with E-state index in [1.807, 2.05) is 0 Å². The highest BCUT2D eigenvalue weighted by Crippen LogP contribution is 2.31. The number of carboxylic acids is 1. The van der Waals surface area contributed by atoms with Crippen LogP contribution in [0.5, 0.6) is 0 Å². The first-order valence-electron chi connectivity index (χ1n) is 5.59. The molecular weight excluding hydrogens is 271 g/mol. The van der Waals surface area contributed by atoms with Crippen molar-refractivity contribution >= 4 is 11.7 Å². The van der Waals surface area contributed by atoms with Crippen LogP contribution in [0.3, 0.4) is 0 Å². The van der Waals surface area contributed by atoms with Crippen LogP contribution in [0.4, 0.5) is 18.9 Å². The lowest BCUT2D eigenvalue weighted by Gasteiger charge is -2.09. The molecular formula is C14H10F3NO2. The van der Waals surface area contributed by atoms with Crippen LogP contribution >= 0.6 is 0 Å². The van der Waals surface area contributed by atoms with Crippen LogP contribution in [0.25, 0.3) is 11.1 Å². The SMILES string of the molecule is Nc1cc(-c2ccc(C(F)(F)F)cc2)ccc1C(=O)O. The summed E-state index contributed by atoms with van der Waals surface area (Å²) in [5, 5.41) is 8.85. The smallest absolute Gasteiger partial charge is 0.416 e. The van der Waals surface area contributed by atoms with Crippen molar-refractivity contribution in [2.24, 2.45) is 0 Å². The molecule has 0 saturated heterocycles. The second-order valence-corrected chi connectivity index (χ2v) is 4.18. The Bertz CT molecular complexity index is 648. The topological polar surface area (TPSA) is 63.3 Å². The van der Waals surface area contributed by atoms with E-state index in [2.05, 4.69) is 0 Å². The highest BCUT2D eigenvalue weighted by molar-refractivity contribution is 5.94. The Hall–Kier alpha value is -2.50. The minimum atomic E-state index is -4.38. The van der Waals surface area contributed by atoms with Gasteiger partial charge in [0.1, 0.15) is 0 Å². The Morgan fingerprint density at radius 2 is 1.55 bits per heavy atom. The van der Waals surface area contributed by atoms with Crippen LogP contribution < -0.4 is 5.73 Å². The summed E-state index contributed by atoms with van der Waals surface area (Å²) in [4.78, 5) is 10.8. The Labute approximate surface area is 112 Å². The summed E-state index contributed by atoms with van der Waals surface area (Å²) in [7, 11) is 0. The predicted octanol–water partition coefficient (Wildman–Crippen LogP) is 3.65. The maximum absolute atomic E-state index is 12.4. The standard InChI is InChI=1S/C14H10F3NO2/c15-14(16,17)10-4-1-8(2-5-10)9-3-6-11(13(19)20)12(18)7-9/h1-7H,18H2,(H,19,20). The first-order chi connectivity index (χ1) is 9.29. The Kier molecular flexibility index (Phi) is 3.40. The molecule has 2 aromatic rings. The van der Waals surface area contributed by atoms with E-state index < -0.39 is 17.7 Å². The van der Waals surface area contributed by atoms with E-state index in [1.54, 1.807) is 0 Å². The molecule has 0 aromatic heterocycles. The molecule has 0 amide bonds. The number of hydrogen-bond acceptors (Lipinski definition) is 2. The molecule has 0 bridgehead atoms. The molecule has 0 aliphatic carbocycles. The maximum Gasteiger partial charge on any atom is 0.416 e. The third kappa shape index (κ3) is 2.74. The summed E-state index contributed by atoms with van der Waals surface area (Å²) in [5.41, 5.74) is 5.97. The molecule has 3 N–H and O–H groups in total. The highest BCUT2D eigenvalue weighted by Gasteiger charge is 2.29. The van der Waals surface area contributed by atoms with E-state index in [0.717, 1.165) is 12.1 Å². The summed E-state index contributed by atoms with van der Waals surface area (Å²) < 4.78 is 37.3. The third-order valence-electron chi connectivity index (χ3n) is 2.83. The summed E-state index contributed by atoms with van der Waals surface area (Å²) in [6, 6.07) is 8.82. The fourth-order valence-electron chi connectivity index (χ4n) is 1.79. The van der Waals surface area contributed by atoms with Gasteiger partial charge in [-0.25, -0.2) is 4.79 Å². The Balaban J connectivity index is 2.37. The molecule has 0 radical (unpaired) electrons. The molecule has 3 nitrogen and oxygen atoms in total. The number of alkyl halides is 3. The summed E-state index contributed by atoms with van der Waals surface area (Å²) in [6.45, 7) is 0. The molecule has 104 valence electrons. The highest BCUT2D eigenvalue weighted by atomic mass is 19.4. The number of aromatic carboxylic acids is 1. The summed E-state index contributed by atoms with van der Waals surface area (Å²) in [6.07, 6.45) is -4.38. The molecule has 2 aromatic carbocycles. The largest absolute Gasteiger partial charge is 0.478 e. The van der Waals surface area contributed by atoms with Gasteiger partial charge in [-0.3, -0.25) is 0 Å². The van der Waals surface area contributed by atoms with Crippen LogP contribution in [0.2, 0.25) is 0 Å². The first kappa shape index (κ1) is 13.9. The van der Waals surface area contributed by atoms with E-state index in [0.29, 0.717) is 11.1 Å². The molecule has 0 aliphatic heterocycles. The van der Waals surface area contributed by atoms with Gasteiger partial charge in [-0.15, -0.1) is 0 Å². The molecule has 6 heteroatoms. The molecule has 0 heterocycles. The number of nitrogens with two attached hydrogens (primary N) is 1. The van der Waals surface area contributed by atoms with Crippen molar-refractivity contribution in [3.05, 3.63) is 53.6 Å². The molecule has 0 atom stereocenters. The number of halogens is 3. The molecule has 0 saturated carbocycles. The summed E-state index contributed by atoms with van der Waals surface area (Å²) >= 11 is 0. The zero-order chi connectivity index (χ0) is 14.9. The van der Waals surface area contributed by atoms with Crippen LogP contribution in [-0.2, 0) is 6.18 Å². The quantitative estimate of drug-likeness (QED) is 0.826. The minimum Gasteiger partial charge on any atom is -0.478 e. The second-order valence-electron chi connectivity index (χ2n) is 4.18. The van der Waals surface area contributed by atoms with Gasteiger partial charge in [-0.2, -0.15) is 13.2 Å². The van der Waals surface area contributed by atoms with E-state index in [-0.39, 0.29) is 11.3 Å². The number of nitrogen functional groups attached to an aromatic ring is 1. The van der Waals surface area contributed by atoms with Crippen LogP contribution in [0.15, 0.2) is 42.5 Å². The molecule has 0 aliphatic rings. The van der Waals surface area contributed by atoms with Gasteiger partial charge in [-0.1, -0.05) is 18.2 Å². The van der Waals surface area contributed by atoms with Gasteiger partial charge >= 0.3 is 12.1 Å². The number of hydrogen-bond donors (Lipinski definition) is 2. The fraction of sp³-hybridized carbons (Fsp3) is 0.0714. The summed E-state index contributed by atoms with van der Waals surface area (Å²) in [5.74, 6) is -1.15. The zero-order valence-corrected chi connectivity index (χ0v) is 10.1. The van der Waals surface area contributed by atoms with Gasteiger partial charge in [0.05, 0.1) is 11.1 Å². The lowest BCUT2D eigenvalue weighted by molar-refractivity contribution is -0.137. The monoisotopic (exact) mass is 281 g/mol. The van der Waals surface area contributed by atoms with Crippen molar-refractivity contribution in [1.29, 1.82) is 0 Å². The zero-order valence-electron chi connectivity index (χ0n) is 10.1.